The molecule has 0 spiro atoms. The molecule has 1 aliphatic rings. The van der Waals surface area contributed by atoms with E-state index >= 15 is 0 Å². The highest BCUT2D eigenvalue weighted by Gasteiger charge is 2.20. The summed E-state index contributed by atoms with van der Waals surface area (Å²) in [6.45, 7) is 3.89. The van der Waals surface area contributed by atoms with Crippen molar-refractivity contribution in [1.82, 2.24) is 15.5 Å². The first-order chi connectivity index (χ1) is 11.5. The molecule has 0 radical (unpaired) electrons. The molecular weight excluding hydrogens is 328 g/mol. The Balaban J connectivity index is 1.75. The molecule has 1 saturated heterocycles. The molecule has 1 atom stereocenters. The van der Waals surface area contributed by atoms with Gasteiger partial charge >= 0.3 is 0 Å². The number of carbonyl (C=O) groups excluding carboxylic acids is 2. The number of halogens is 1. The number of benzene rings is 1. The second kappa shape index (κ2) is 9.01. The van der Waals surface area contributed by atoms with E-state index in [1.165, 1.54) is 0 Å². The number of nitrogens with zero attached hydrogens (tertiary/aromatic N) is 1. The lowest BCUT2D eigenvalue weighted by molar-refractivity contribution is -0.125. The third kappa shape index (κ3) is 5.47. The fraction of sp³-hybridized carbons (Fsp3) is 0.529. The summed E-state index contributed by atoms with van der Waals surface area (Å²) in [5.74, 6) is -0.398. The number of likely N-dealkylation sites (N-methyl/N-ethyl adjacent to an activating group) is 1. The van der Waals surface area contributed by atoms with Gasteiger partial charge in [-0.1, -0.05) is 17.7 Å². The summed E-state index contributed by atoms with van der Waals surface area (Å²) in [6.07, 6.45) is 2.21. The molecule has 132 valence electrons. The largest absolute Gasteiger partial charge is 0.346 e. The van der Waals surface area contributed by atoms with Gasteiger partial charge in [-0.05, 0) is 51.1 Å². The van der Waals surface area contributed by atoms with Crippen molar-refractivity contribution in [2.24, 2.45) is 0 Å². The van der Waals surface area contributed by atoms with E-state index in [1.54, 1.807) is 18.2 Å². The first kappa shape index (κ1) is 18.7. The molecule has 1 heterocycles. The molecule has 24 heavy (non-hydrogen) atoms. The van der Waals surface area contributed by atoms with Crippen molar-refractivity contribution >= 4 is 29.1 Å². The summed E-state index contributed by atoms with van der Waals surface area (Å²) in [6, 6.07) is 5.76. The van der Waals surface area contributed by atoms with Crippen LogP contribution in [-0.4, -0.2) is 56.0 Å². The van der Waals surface area contributed by atoms with Crippen LogP contribution in [0, 0.1) is 6.92 Å². The second-order valence-corrected chi connectivity index (χ2v) is 6.51. The van der Waals surface area contributed by atoms with Crippen LogP contribution in [0.15, 0.2) is 18.2 Å². The monoisotopic (exact) mass is 352 g/mol. The fourth-order valence-corrected chi connectivity index (χ4v) is 2.98. The fourth-order valence-electron chi connectivity index (χ4n) is 2.81. The van der Waals surface area contributed by atoms with Gasteiger partial charge in [-0.25, -0.2) is 0 Å². The van der Waals surface area contributed by atoms with Gasteiger partial charge in [0.05, 0.1) is 13.1 Å². The van der Waals surface area contributed by atoms with Crippen LogP contribution in [0.25, 0.3) is 0 Å². The van der Waals surface area contributed by atoms with Crippen molar-refractivity contribution in [1.29, 1.82) is 0 Å². The summed E-state index contributed by atoms with van der Waals surface area (Å²) in [5, 5.41) is 9.28. The molecule has 0 aliphatic carbocycles. The van der Waals surface area contributed by atoms with Crippen LogP contribution in [0.1, 0.15) is 18.4 Å². The van der Waals surface area contributed by atoms with E-state index < -0.39 is 0 Å². The SMILES string of the molecule is CNC1CCCN(CC(=O)NCC(=O)Nc2cccc(Cl)c2C)C1. The summed E-state index contributed by atoms with van der Waals surface area (Å²) in [5.41, 5.74) is 1.47. The van der Waals surface area contributed by atoms with E-state index in [2.05, 4.69) is 20.9 Å². The lowest BCUT2D eigenvalue weighted by Gasteiger charge is -2.31. The van der Waals surface area contributed by atoms with Crippen LogP contribution in [0.3, 0.4) is 0 Å². The molecule has 7 heteroatoms. The van der Waals surface area contributed by atoms with Crippen LogP contribution in [0.2, 0.25) is 5.02 Å². The molecule has 0 bridgehead atoms. The zero-order chi connectivity index (χ0) is 17.5. The average molecular weight is 353 g/mol. The maximum absolute atomic E-state index is 12.0. The molecule has 0 saturated carbocycles. The third-order valence-electron chi connectivity index (χ3n) is 4.27. The zero-order valence-corrected chi connectivity index (χ0v) is 14.9. The molecule has 1 aliphatic heterocycles. The van der Waals surface area contributed by atoms with Gasteiger partial charge in [0.1, 0.15) is 0 Å². The van der Waals surface area contributed by atoms with Gasteiger partial charge < -0.3 is 16.0 Å². The summed E-state index contributed by atoms with van der Waals surface area (Å²) < 4.78 is 0. The molecule has 1 fully saturated rings. The van der Waals surface area contributed by atoms with Crippen LogP contribution >= 0.6 is 11.6 Å². The third-order valence-corrected chi connectivity index (χ3v) is 4.68. The number of piperidine rings is 1. The Kier molecular flexibility index (Phi) is 7.02. The number of hydrogen-bond acceptors (Lipinski definition) is 4. The van der Waals surface area contributed by atoms with Gasteiger partial charge in [-0.15, -0.1) is 0 Å². The van der Waals surface area contributed by atoms with Crippen molar-refractivity contribution < 1.29 is 9.59 Å². The standard InChI is InChI=1S/C17H25ClN4O2/c1-12-14(18)6-3-7-15(12)21-16(23)9-20-17(24)11-22-8-4-5-13(10-22)19-2/h3,6-7,13,19H,4-5,8-11H2,1-2H3,(H,20,24)(H,21,23). The maximum atomic E-state index is 12.0. The maximum Gasteiger partial charge on any atom is 0.243 e. The molecule has 0 aromatic heterocycles. The van der Waals surface area contributed by atoms with Gasteiger partial charge in [0.15, 0.2) is 0 Å². The Bertz CT molecular complexity index is 594. The normalized spacial score (nSPS) is 18.2. The molecular formula is C17H25ClN4O2. The first-order valence-electron chi connectivity index (χ1n) is 8.21. The molecule has 3 N–H and O–H groups in total. The minimum Gasteiger partial charge on any atom is -0.346 e. The number of rotatable bonds is 6. The number of carbonyl (C=O) groups is 2. The Labute approximate surface area is 147 Å². The van der Waals surface area contributed by atoms with Crippen LogP contribution in [-0.2, 0) is 9.59 Å². The van der Waals surface area contributed by atoms with E-state index in [0.29, 0.717) is 23.3 Å². The number of nitrogens with one attached hydrogen (secondary N) is 3. The summed E-state index contributed by atoms with van der Waals surface area (Å²) >= 11 is 6.03. The average Bonchev–Trinajstić information content (AvgIpc) is 2.57. The van der Waals surface area contributed by atoms with Gasteiger partial charge in [-0.2, -0.15) is 0 Å². The number of likely N-dealkylation sites (tertiary alicyclic amines) is 1. The predicted molar refractivity (Wildman–Crippen MR) is 96.4 cm³/mol. The van der Waals surface area contributed by atoms with E-state index in [9.17, 15) is 9.59 Å². The number of anilines is 1. The Morgan fingerprint density at radius 3 is 2.88 bits per heavy atom. The van der Waals surface area contributed by atoms with E-state index in [4.69, 9.17) is 11.6 Å². The first-order valence-corrected chi connectivity index (χ1v) is 8.58. The summed E-state index contributed by atoms with van der Waals surface area (Å²) in [7, 11) is 1.94. The minimum atomic E-state index is -0.263. The van der Waals surface area contributed by atoms with Gasteiger partial charge in [0.25, 0.3) is 0 Å². The molecule has 2 amide bonds. The Hall–Kier alpha value is -1.63. The zero-order valence-electron chi connectivity index (χ0n) is 14.2. The number of hydrogen-bond donors (Lipinski definition) is 3. The second-order valence-electron chi connectivity index (χ2n) is 6.10. The molecule has 1 aromatic rings. The van der Waals surface area contributed by atoms with Crippen LogP contribution in [0.5, 0.6) is 0 Å². The van der Waals surface area contributed by atoms with Crippen molar-refractivity contribution in [3.8, 4) is 0 Å². The van der Waals surface area contributed by atoms with Gasteiger partial charge in [0.2, 0.25) is 11.8 Å². The van der Waals surface area contributed by atoms with Crippen molar-refractivity contribution in [3.63, 3.8) is 0 Å². The highest BCUT2D eigenvalue weighted by molar-refractivity contribution is 6.31. The topological polar surface area (TPSA) is 73.5 Å². The van der Waals surface area contributed by atoms with Gasteiger partial charge in [-0.3, -0.25) is 14.5 Å². The highest BCUT2D eigenvalue weighted by Crippen LogP contribution is 2.22. The van der Waals surface area contributed by atoms with Crippen molar-refractivity contribution in [3.05, 3.63) is 28.8 Å². The Morgan fingerprint density at radius 1 is 1.33 bits per heavy atom. The van der Waals surface area contributed by atoms with Crippen LogP contribution < -0.4 is 16.0 Å². The minimum absolute atomic E-state index is 0.0475. The van der Waals surface area contributed by atoms with E-state index in [0.717, 1.165) is 31.5 Å². The lowest BCUT2D eigenvalue weighted by Crippen LogP contribution is -2.48. The molecule has 6 nitrogen and oxygen atoms in total. The quantitative estimate of drug-likeness (QED) is 0.723. The van der Waals surface area contributed by atoms with Crippen molar-refractivity contribution in [2.75, 3.05) is 38.5 Å². The molecule has 1 aromatic carbocycles. The smallest absolute Gasteiger partial charge is 0.243 e. The molecule has 2 rings (SSSR count). The Morgan fingerprint density at radius 2 is 2.12 bits per heavy atom. The van der Waals surface area contributed by atoms with E-state index in [-0.39, 0.29) is 18.4 Å². The van der Waals surface area contributed by atoms with Crippen LogP contribution in [0.4, 0.5) is 5.69 Å². The predicted octanol–water partition coefficient (Wildman–Crippen LogP) is 1.39. The van der Waals surface area contributed by atoms with Crippen molar-refractivity contribution in [2.45, 2.75) is 25.8 Å². The highest BCUT2D eigenvalue weighted by atomic mass is 35.5. The summed E-state index contributed by atoms with van der Waals surface area (Å²) in [4.78, 5) is 26.1. The molecule has 1 unspecified atom stereocenters. The van der Waals surface area contributed by atoms with Gasteiger partial charge in [0, 0.05) is 23.3 Å². The lowest BCUT2D eigenvalue weighted by atomic mass is 10.1. The number of amides is 2. The van der Waals surface area contributed by atoms with E-state index in [1.807, 2.05) is 14.0 Å².